The smallest absolute Gasteiger partial charge is 0.232 e. The van der Waals surface area contributed by atoms with E-state index in [1.807, 2.05) is 55.5 Å². The topological polar surface area (TPSA) is 95.2 Å². The van der Waals surface area contributed by atoms with Crippen molar-refractivity contribution in [2.75, 3.05) is 30.5 Å². The first-order valence-electron chi connectivity index (χ1n) is 8.82. The Morgan fingerprint density at radius 3 is 2.75 bits per heavy atom. The molecular formula is C20H23N5O2S. The molecule has 8 heteroatoms. The fraction of sp³-hybridized carbons (Fsp3) is 0.250. The van der Waals surface area contributed by atoms with Gasteiger partial charge in [-0.25, -0.2) is 0 Å². The molecule has 1 aromatic heterocycles. The quantitative estimate of drug-likeness (QED) is 0.526. The summed E-state index contributed by atoms with van der Waals surface area (Å²) in [5.41, 5.74) is 7.78. The van der Waals surface area contributed by atoms with Gasteiger partial charge in [0.15, 0.2) is 0 Å². The highest BCUT2D eigenvalue weighted by Gasteiger charge is 2.08. The number of aryl methyl sites for hydroxylation is 1. The Bertz CT molecular complexity index is 923. The van der Waals surface area contributed by atoms with Crippen LogP contribution in [0.3, 0.4) is 0 Å². The number of aromatic nitrogens is 3. The van der Waals surface area contributed by atoms with Crippen LogP contribution in [0.4, 0.5) is 17.6 Å². The molecule has 0 unspecified atom stereocenters. The lowest BCUT2D eigenvalue weighted by Crippen LogP contribution is -2.07. The molecule has 2 aromatic carbocycles. The van der Waals surface area contributed by atoms with E-state index >= 15 is 0 Å². The van der Waals surface area contributed by atoms with E-state index in [0.717, 1.165) is 17.2 Å². The van der Waals surface area contributed by atoms with Crippen molar-refractivity contribution in [1.82, 2.24) is 15.0 Å². The number of methoxy groups -OCH3 is 1. The minimum atomic E-state index is 0.180. The molecule has 0 aliphatic heterocycles. The number of rotatable bonds is 9. The Labute approximate surface area is 168 Å². The minimum absolute atomic E-state index is 0.180. The molecule has 146 valence electrons. The van der Waals surface area contributed by atoms with Gasteiger partial charge in [-0.05, 0) is 36.8 Å². The van der Waals surface area contributed by atoms with Crippen molar-refractivity contribution in [2.24, 2.45) is 0 Å². The fourth-order valence-corrected chi connectivity index (χ4v) is 3.17. The van der Waals surface area contributed by atoms with Gasteiger partial charge in [0.05, 0.1) is 25.2 Å². The lowest BCUT2D eigenvalue weighted by molar-refractivity contribution is 0.343. The van der Waals surface area contributed by atoms with Crippen LogP contribution in [0.15, 0.2) is 48.5 Å². The number of nitrogens with zero attached hydrogens (tertiary/aromatic N) is 3. The van der Waals surface area contributed by atoms with E-state index in [0.29, 0.717) is 29.9 Å². The standard InChI is InChI=1S/C20H23N5O2S/c1-14-6-5-7-15(12-14)27-10-11-28-13-18-23-19(21)25-20(24-18)22-16-8-3-4-9-17(16)26-2/h3-9,12H,10-11,13H2,1-2H3,(H3,21,22,23,24,25). The van der Waals surface area contributed by atoms with E-state index in [1.165, 1.54) is 5.56 Å². The number of para-hydroxylation sites is 2. The lowest BCUT2D eigenvalue weighted by atomic mass is 10.2. The van der Waals surface area contributed by atoms with Crippen LogP contribution in [0.25, 0.3) is 0 Å². The number of benzene rings is 2. The third kappa shape index (κ3) is 5.75. The number of hydrogen-bond donors (Lipinski definition) is 2. The van der Waals surface area contributed by atoms with Crippen LogP contribution >= 0.6 is 11.8 Å². The van der Waals surface area contributed by atoms with Crippen molar-refractivity contribution in [3.05, 3.63) is 59.9 Å². The van der Waals surface area contributed by atoms with Crippen molar-refractivity contribution >= 4 is 29.3 Å². The Morgan fingerprint density at radius 1 is 1.07 bits per heavy atom. The van der Waals surface area contributed by atoms with E-state index in [9.17, 15) is 0 Å². The van der Waals surface area contributed by atoms with Crippen molar-refractivity contribution in [1.29, 1.82) is 0 Å². The predicted molar refractivity (Wildman–Crippen MR) is 113 cm³/mol. The van der Waals surface area contributed by atoms with Crippen LogP contribution in [0, 0.1) is 6.92 Å². The number of anilines is 3. The first-order valence-corrected chi connectivity index (χ1v) is 9.97. The van der Waals surface area contributed by atoms with Gasteiger partial charge in [0.1, 0.15) is 17.3 Å². The molecule has 3 N–H and O–H groups in total. The molecule has 0 fully saturated rings. The van der Waals surface area contributed by atoms with Crippen molar-refractivity contribution in [3.8, 4) is 11.5 Å². The monoisotopic (exact) mass is 397 g/mol. The largest absolute Gasteiger partial charge is 0.495 e. The molecule has 3 rings (SSSR count). The number of nitrogens with one attached hydrogen (secondary N) is 1. The molecule has 0 bridgehead atoms. The van der Waals surface area contributed by atoms with E-state index in [-0.39, 0.29) is 5.95 Å². The molecule has 0 spiro atoms. The van der Waals surface area contributed by atoms with Crippen LogP contribution in [0.1, 0.15) is 11.4 Å². The third-order valence-electron chi connectivity index (χ3n) is 3.77. The van der Waals surface area contributed by atoms with E-state index < -0.39 is 0 Å². The summed E-state index contributed by atoms with van der Waals surface area (Å²) in [7, 11) is 1.61. The fourth-order valence-electron chi connectivity index (χ4n) is 2.51. The average Bonchev–Trinajstić information content (AvgIpc) is 2.68. The molecule has 0 saturated heterocycles. The van der Waals surface area contributed by atoms with Crippen LogP contribution in [-0.2, 0) is 5.75 Å². The third-order valence-corrected chi connectivity index (χ3v) is 4.69. The molecular weight excluding hydrogens is 374 g/mol. The summed E-state index contributed by atoms with van der Waals surface area (Å²) < 4.78 is 11.1. The van der Waals surface area contributed by atoms with Gasteiger partial charge >= 0.3 is 0 Å². The summed E-state index contributed by atoms with van der Waals surface area (Å²) in [4.78, 5) is 12.8. The highest BCUT2D eigenvalue weighted by Crippen LogP contribution is 2.26. The molecule has 0 aliphatic rings. The molecule has 0 atom stereocenters. The van der Waals surface area contributed by atoms with Crippen LogP contribution in [-0.4, -0.2) is 34.4 Å². The Hall–Kier alpha value is -3.00. The maximum absolute atomic E-state index is 5.84. The first-order chi connectivity index (χ1) is 13.6. The molecule has 1 heterocycles. The highest BCUT2D eigenvalue weighted by atomic mass is 32.2. The zero-order chi connectivity index (χ0) is 19.8. The van der Waals surface area contributed by atoms with Crippen molar-refractivity contribution in [3.63, 3.8) is 0 Å². The van der Waals surface area contributed by atoms with Gasteiger partial charge in [-0.15, -0.1) is 0 Å². The second-order valence-corrected chi connectivity index (χ2v) is 7.08. The van der Waals surface area contributed by atoms with Gasteiger partial charge < -0.3 is 20.5 Å². The molecule has 7 nitrogen and oxygen atoms in total. The molecule has 0 saturated carbocycles. The normalized spacial score (nSPS) is 10.5. The SMILES string of the molecule is COc1ccccc1Nc1nc(N)nc(CSCCOc2cccc(C)c2)n1. The maximum Gasteiger partial charge on any atom is 0.232 e. The van der Waals surface area contributed by atoms with Gasteiger partial charge in [-0.2, -0.15) is 26.7 Å². The average molecular weight is 398 g/mol. The molecule has 0 amide bonds. The van der Waals surface area contributed by atoms with Crippen LogP contribution in [0.2, 0.25) is 0 Å². The number of ether oxygens (including phenoxy) is 2. The van der Waals surface area contributed by atoms with Crippen molar-refractivity contribution in [2.45, 2.75) is 12.7 Å². The number of nitrogens with two attached hydrogens (primary N) is 1. The van der Waals surface area contributed by atoms with Gasteiger partial charge in [0, 0.05) is 5.75 Å². The van der Waals surface area contributed by atoms with Gasteiger partial charge in [-0.1, -0.05) is 24.3 Å². The zero-order valence-electron chi connectivity index (χ0n) is 15.9. The lowest BCUT2D eigenvalue weighted by Gasteiger charge is -2.10. The summed E-state index contributed by atoms with van der Waals surface area (Å²) in [5.74, 6) is 4.20. The van der Waals surface area contributed by atoms with E-state index in [2.05, 4.69) is 20.3 Å². The van der Waals surface area contributed by atoms with E-state index in [1.54, 1.807) is 18.9 Å². The molecule has 0 aliphatic carbocycles. The predicted octanol–water partition coefficient (Wildman–Crippen LogP) is 3.83. The second kappa shape index (κ2) is 9.80. The Kier molecular flexibility index (Phi) is 6.91. The molecule has 28 heavy (non-hydrogen) atoms. The number of nitrogen functional groups attached to an aromatic ring is 1. The Morgan fingerprint density at radius 2 is 1.93 bits per heavy atom. The van der Waals surface area contributed by atoms with Crippen LogP contribution in [0.5, 0.6) is 11.5 Å². The second-order valence-electron chi connectivity index (χ2n) is 5.98. The highest BCUT2D eigenvalue weighted by molar-refractivity contribution is 7.98. The van der Waals surface area contributed by atoms with Gasteiger partial charge in [0.2, 0.25) is 11.9 Å². The summed E-state index contributed by atoms with van der Waals surface area (Å²) in [6.07, 6.45) is 0. The molecule has 0 radical (unpaired) electrons. The van der Waals surface area contributed by atoms with Gasteiger partial charge in [0.25, 0.3) is 0 Å². The minimum Gasteiger partial charge on any atom is -0.495 e. The summed E-state index contributed by atoms with van der Waals surface area (Å²) in [6.45, 7) is 2.66. The summed E-state index contributed by atoms with van der Waals surface area (Å²) >= 11 is 1.68. The first kappa shape index (κ1) is 19.8. The van der Waals surface area contributed by atoms with Crippen molar-refractivity contribution < 1.29 is 9.47 Å². The maximum atomic E-state index is 5.84. The van der Waals surface area contributed by atoms with E-state index in [4.69, 9.17) is 15.2 Å². The van der Waals surface area contributed by atoms with Crippen LogP contribution < -0.4 is 20.5 Å². The molecule has 3 aromatic rings. The van der Waals surface area contributed by atoms with Gasteiger partial charge in [-0.3, -0.25) is 0 Å². The summed E-state index contributed by atoms with van der Waals surface area (Å²) in [6, 6.07) is 15.6. The Balaban J connectivity index is 1.53. The number of thioether (sulfide) groups is 1. The zero-order valence-corrected chi connectivity index (χ0v) is 16.7. The summed E-state index contributed by atoms with van der Waals surface area (Å²) in [5, 5.41) is 3.13. The number of hydrogen-bond acceptors (Lipinski definition) is 8.